The van der Waals surface area contributed by atoms with E-state index in [-0.39, 0.29) is 0 Å². The monoisotopic (exact) mass is 451 g/mol. The van der Waals surface area contributed by atoms with Crippen molar-refractivity contribution in [2.75, 3.05) is 0 Å². The van der Waals surface area contributed by atoms with Crippen LogP contribution in [0.15, 0.2) is 87.1 Å². The van der Waals surface area contributed by atoms with Crippen LogP contribution in [0, 0.1) is 6.92 Å². The normalized spacial score (nSPS) is 11.1. The Bertz CT molecular complexity index is 1170. The van der Waals surface area contributed by atoms with Gasteiger partial charge in [0, 0.05) is 31.9 Å². The highest BCUT2D eigenvalue weighted by atomic mass is 79.9. The second kappa shape index (κ2) is 7.86. The van der Waals surface area contributed by atoms with Crippen molar-refractivity contribution in [2.45, 2.75) is 23.3 Å². The summed E-state index contributed by atoms with van der Waals surface area (Å²) >= 11 is 5.21. The van der Waals surface area contributed by atoms with Crippen LogP contribution in [0.25, 0.3) is 10.9 Å². The number of aromatic nitrogens is 1. The molecule has 1 heterocycles. The third kappa shape index (κ3) is 3.73. The predicted octanol–water partition coefficient (Wildman–Crippen LogP) is 6.61. The second-order valence-corrected chi connectivity index (χ2v) is 8.58. The van der Waals surface area contributed by atoms with Crippen molar-refractivity contribution in [1.82, 2.24) is 4.57 Å². The zero-order valence-corrected chi connectivity index (χ0v) is 17.6. The van der Waals surface area contributed by atoms with Crippen molar-refractivity contribution < 1.29 is 9.90 Å². The van der Waals surface area contributed by atoms with Crippen LogP contribution in [0.5, 0.6) is 0 Å². The van der Waals surface area contributed by atoms with Crippen LogP contribution in [-0.4, -0.2) is 15.6 Å². The summed E-state index contributed by atoms with van der Waals surface area (Å²) in [6.07, 6.45) is 0. The number of carbonyl (C=O) groups is 1. The maximum absolute atomic E-state index is 11.3. The second-order valence-electron chi connectivity index (χ2n) is 6.58. The van der Waals surface area contributed by atoms with Crippen LogP contribution in [0.4, 0.5) is 0 Å². The van der Waals surface area contributed by atoms with E-state index in [9.17, 15) is 9.90 Å². The van der Waals surface area contributed by atoms with E-state index < -0.39 is 5.97 Å². The summed E-state index contributed by atoms with van der Waals surface area (Å²) in [6, 6.07) is 23.8. The SMILES string of the molecule is Cc1c(Sc2cccc(C(=O)O)c2)c2ccc(Br)cc2n1Cc1ccccc1. The van der Waals surface area contributed by atoms with Crippen LogP contribution in [0.2, 0.25) is 0 Å². The molecule has 0 bridgehead atoms. The first-order chi connectivity index (χ1) is 13.5. The molecule has 140 valence electrons. The molecule has 0 saturated heterocycles. The summed E-state index contributed by atoms with van der Waals surface area (Å²) in [5.41, 5.74) is 3.88. The molecule has 0 saturated carbocycles. The third-order valence-corrected chi connectivity index (χ3v) is 6.42. The average Bonchev–Trinajstić information content (AvgIpc) is 2.94. The summed E-state index contributed by atoms with van der Waals surface area (Å²) in [6.45, 7) is 2.91. The van der Waals surface area contributed by atoms with Crippen molar-refractivity contribution in [3.8, 4) is 0 Å². The minimum atomic E-state index is -0.908. The Labute approximate surface area is 176 Å². The maximum Gasteiger partial charge on any atom is 0.335 e. The van der Waals surface area contributed by atoms with E-state index in [1.165, 1.54) is 16.6 Å². The van der Waals surface area contributed by atoms with Crippen molar-refractivity contribution in [3.63, 3.8) is 0 Å². The van der Waals surface area contributed by atoms with Gasteiger partial charge in [0.2, 0.25) is 0 Å². The standard InChI is InChI=1S/C23H18BrNO2S/c1-15-22(28-19-9-5-8-17(12-19)23(26)27)20-11-10-18(24)13-21(20)25(15)14-16-6-3-2-4-7-16/h2-13H,14H2,1H3,(H,26,27). The van der Waals surface area contributed by atoms with Gasteiger partial charge in [0.05, 0.1) is 11.1 Å². The van der Waals surface area contributed by atoms with Crippen LogP contribution in [0.3, 0.4) is 0 Å². The van der Waals surface area contributed by atoms with E-state index in [4.69, 9.17) is 0 Å². The molecule has 0 amide bonds. The molecule has 4 rings (SSSR count). The summed E-state index contributed by atoms with van der Waals surface area (Å²) in [5.74, 6) is -0.908. The summed E-state index contributed by atoms with van der Waals surface area (Å²) < 4.78 is 3.36. The first-order valence-electron chi connectivity index (χ1n) is 8.86. The summed E-state index contributed by atoms with van der Waals surface area (Å²) in [7, 11) is 0. The minimum absolute atomic E-state index is 0.304. The lowest BCUT2D eigenvalue weighted by Gasteiger charge is -2.09. The van der Waals surface area contributed by atoms with Gasteiger partial charge < -0.3 is 9.67 Å². The lowest BCUT2D eigenvalue weighted by molar-refractivity contribution is 0.0696. The Morgan fingerprint density at radius 3 is 2.57 bits per heavy atom. The number of nitrogens with zero attached hydrogens (tertiary/aromatic N) is 1. The largest absolute Gasteiger partial charge is 0.478 e. The Hall–Kier alpha value is -2.50. The molecule has 0 spiro atoms. The molecule has 1 aromatic heterocycles. The highest BCUT2D eigenvalue weighted by molar-refractivity contribution is 9.10. The van der Waals surface area contributed by atoms with E-state index in [2.05, 4.69) is 63.8 Å². The number of carboxylic acid groups (broad SMARTS) is 1. The molecule has 4 aromatic rings. The third-order valence-electron chi connectivity index (χ3n) is 4.71. The molecule has 0 unspecified atom stereocenters. The lowest BCUT2D eigenvalue weighted by atomic mass is 10.2. The molecular formula is C23H18BrNO2S. The fourth-order valence-corrected chi connectivity index (χ4v) is 4.78. The van der Waals surface area contributed by atoms with Gasteiger partial charge in [0.25, 0.3) is 0 Å². The first kappa shape index (κ1) is 18.8. The number of carboxylic acids is 1. The smallest absolute Gasteiger partial charge is 0.335 e. The molecule has 0 aliphatic carbocycles. The fraction of sp³-hybridized carbons (Fsp3) is 0.0870. The quantitative estimate of drug-likeness (QED) is 0.371. The molecule has 3 aromatic carbocycles. The number of fused-ring (bicyclic) bond motifs is 1. The van der Waals surface area contributed by atoms with Gasteiger partial charge in [-0.15, -0.1) is 0 Å². The molecular weight excluding hydrogens is 434 g/mol. The molecule has 0 atom stereocenters. The zero-order valence-electron chi connectivity index (χ0n) is 15.2. The number of benzene rings is 3. The van der Waals surface area contributed by atoms with Gasteiger partial charge in [-0.2, -0.15) is 0 Å². The van der Waals surface area contributed by atoms with Gasteiger partial charge in [-0.3, -0.25) is 0 Å². The van der Waals surface area contributed by atoms with E-state index in [1.807, 2.05) is 18.2 Å². The van der Waals surface area contributed by atoms with Gasteiger partial charge in [0.1, 0.15) is 0 Å². The molecule has 28 heavy (non-hydrogen) atoms. The van der Waals surface area contributed by atoms with Crippen molar-refractivity contribution >= 4 is 44.6 Å². The Kier molecular flexibility index (Phi) is 5.29. The molecule has 0 radical (unpaired) electrons. The molecule has 1 N–H and O–H groups in total. The fourth-order valence-electron chi connectivity index (χ4n) is 3.33. The molecule has 3 nitrogen and oxygen atoms in total. The number of halogens is 1. The van der Waals surface area contributed by atoms with Crippen molar-refractivity contribution in [2.24, 2.45) is 0 Å². The lowest BCUT2D eigenvalue weighted by Crippen LogP contribution is -2.01. The number of hydrogen-bond acceptors (Lipinski definition) is 2. The number of rotatable bonds is 5. The van der Waals surface area contributed by atoms with Crippen molar-refractivity contribution in [1.29, 1.82) is 0 Å². The van der Waals surface area contributed by atoms with Crippen molar-refractivity contribution in [3.05, 3.63) is 94.1 Å². The zero-order chi connectivity index (χ0) is 19.7. The topological polar surface area (TPSA) is 42.2 Å². The average molecular weight is 452 g/mol. The van der Waals surface area contributed by atoms with E-state index in [0.717, 1.165) is 26.3 Å². The van der Waals surface area contributed by atoms with Gasteiger partial charge in [0.15, 0.2) is 0 Å². The van der Waals surface area contributed by atoms with Crippen LogP contribution in [0.1, 0.15) is 21.6 Å². The van der Waals surface area contributed by atoms with Crippen LogP contribution >= 0.6 is 27.7 Å². The molecule has 0 aliphatic heterocycles. The van der Waals surface area contributed by atoms with Crippen LogP contribution < -0.4 is 0 Å². The highest BCUT2D eigenvalue weighted by Crippen LogP contribution is 2.39. The number of aromatic carboxylic acids is 1. The number of hydrogen-bond donors (Lipinski definition) is 1. The van der Waals surface area contributed by atoms with Crippen LogP contribution in [-0.2, 0) is 6.54 Å². The summed E-state index contributed by atoms with van der Waals surface area (Å²) in [5, 5.41) is 10.5. The summed E-state index contributed by atoms with van der Waals surface area (Å²) in [4.78, 5) is 13.4. The van der Waals surface area contributed by atoms with Gasteiger partial charge in [-0.25, -0.2) is 4.79 Å². The highest BCUT2D eigenvalue weighted by Gasteiger charge is 2.16. The van der Waals surface area contributed by atoms with E-state index in [1.54, 1.807) is 30.0 Å². The van der Waals surface area contributed by atoms with Gasteiger partial charge in [-0.1, -0.05) is 70.2 Å². The van der Waals surface area contributed by atoms with Gasteiger partial charge >= 0.3 is 5.97 Å². The minimum Gasteiger partial charge on any atom is -0.478 e. The Morgan fingerprint density at radius 2 is 1.82 bits per heavy atom. The molecule has 0 aliphatic rings. The Morgan fingerprint density at radius 1 is 1.04 bits per heavy atom. The van der Waals surface area contributed by atoms with E-state index >= 15 is 0 Å². The first-order valence-corrected chi connectivity index (χ1v) is 10.5. The van der Waals surface area contributed by atoms with Gasteiger partial charge in [-0.05, 0) is 42.8 Å². The molecule has 5 heteroatoms. The maximum atomic E-state index is 11.3. The predicted molar refractivity (Wildman–Crippen MR) is 117 cm³/mol. The molecule has 0 fully saturated rings. The van der Waals surface area contributed by atoms with E-state index in [0.29, 0.717) is 5.56 Å². The Balaban J connectivity index is 1.81.